The van der Waals surface area contributed by atoms with E-state index in [1.54, 1.807) is 44.5 Å². The molecule has 0 amide bonds. The van der Waals surface area contributed by atoms with Gasteiger partial charge in [-0.1, -0.05) is 153 Å². The van der Waals surface area contributed by atoms with Gasteiger partial charge >= 0.3 is 0 Å². The summed E-state index contributed by atoms with van der Waals surface area (Å²) >= 11 is 0. The molecule has 4 saturated carbocycles. The Balaban J connectivity index is 0.000000175. The highest BCUT2D eigenvalue weighted by Gasteiger charge is 2.20. The number of rotatable bonds is 8. The average Bonchev–Trinajstić information content (AvgIpc) is 3.04. The van der Waals surface area contributed by atoms with Crippen LogP contribution in [0.25, 0.3) is 0 Å². The third-order valence-electron chi connectivity index (χ3n) is 12.5. The quantitative estimate of drug-likeness (QED) is 0.284. The van der Waals surface area contributed by atoms with Crippen molar-refractivity contribution < 1.29 is 0 Å². The van der Waals surface area contributed by atoms with Crippen molar-refractivity contribution >= 4 is 0 Å². The Hall–Kier alpha value is -1.56. The van der Waals surface area contributed by atoms with Crippen LogP contribution in [-0.2, 0) is 25.7 Å². The topological polar surface area (TPSA) is 0 Å². The van der Waals surface area contributed by atoms with Gasteiger partial charge < -0.3 is 0 Å². The van der Waals surface area contributed by atoms with E-state index in [9.17, 15) is 0 Å². The molecule has 4 aliphatic carbocycles. The number of benzene rings is 2. The molecule has 4 aliphatic rings. The highest BCUT2D eigenvalue weighted by atomic mass is 14.3. The van der Waals surface area contributed by atoms with Crippen molar-refractivity contribution in [2.75, 3.05) is 0 Å². The van der Waals surface area contributed by atoms with Gasteiger partial charge in [0.15, 0.2) is 0 Å². The van der Waals surface area contributed by atoms with E-state index < -0.39 is 0 Å². The van der Waals surface area contributed by atoms with E-state index in [2.05, 4.69) is 52.0 Å². The van der Waals surface area contributed by atoms with Gasteiger partial charge in [0.05, 0.1) is 0 Å². The lowest BCUT2D eigenvalue weighted by Crippen LogP contribution is -2.12. The standard InChI is InChI=1S/2C22H34/c2*1-17-13-22(16-20-11-7-4-8-12-20)18(2)14-21(17)15-19-9-5-3-6-10-19/h2*13-14,19-20H,3-12,15-16H2,1-2H3. The Bertz CT molecular complexity index is 946. The molecule has 0 spiro atoms. The minimum absolute atomic E-state index is 0.955. The molecule has 44 heavy (non-hydrogen) atoms. The molecule has 0 bridgehead atoms. The Morgan fingerprint density at radius 2 is 0.500 bits per heavy atom. The second-order valence-electron chi connectivity index (χ2n) is 16.2. The highest BCUT2D eigenvalue weighted by Crippen LogP contribution is 2.33. The van der Waals surface area contributed by atoms with Gasteiger partial charge in [0, 0.05) is 0 Å². The maximum atomic E-state index is 2.53. The van der Waals surface area contributed by atoms with E-state index in [1.807, 2.05) is 0 Å². The molecule has 0 heterocycles. The van der Waals surface area contributed by atoms with Gasteiger partial charge in [-0.3, -0.25) is 0 Å². The molecule has 2 aromatic carbocycles. The van der Waals surface area contributed by atoms with Gasteiger partial charge in [-0.25, -0.2) is 0 Å². The van der Waals surface area contributed by atoms with Crippen LogP contribution < -0.4 is 0 Å². The van der Waals surface area contributed by atoms with E-state index in [1.165, 1.54) is 154 Å². The molecule has 0 N–H and O–H groups in total. The molecule has 0 saturated heterocycles. The maximum Gasteiger partial charge on any atom is -0.0248 e. The first kappa shape index (κ1) is 33.8. The Morgan fingerprint density at radius 3 is 0.682 bits per heavy atom. The number of hydrogen-bond donors (Lipinski definition) is 0. The van der Waals surface area contributed by atoms with Crippen LogP contribution in [0.5, 0.6) is 0 Å². The van der Waals surface area contributed by atoms with Crippen molar-refractivity contribution in [3.8, 4) is 0 Å². The second kappa shape index (κ2) is 17.4. The minimum atomic E-state index is 0.955. The van der Waals surface area contributed by atoms with Gasteiger partial charge in [0.2, 0.25) is 0 Å². The van der Waals surface area contributed by atoms with E-state index in [4.69, 9.17) is 0 Å². The zero-order valence-electron chi connectivity index (χ0n) is 29.6. The summed E-state index contributed by atoms with van der Waals surface area (Å²) in [5.41, 5.74) is 12.8. The highest BCUT2D eigenvalue weighted by molar-refractivity contribution is 5.39. The van der Waals surface area contributed by atoms with Gasteiger partial charge in [0.25, 0.3) is 0 Å². The SMILES string of the molecule is Cc1cc(CC2CCCCC2)c(C)cc1CC1CCCCC1.Cc1cc(CC2CCCCC2)c(C)cc1CC1CCCCC1. The molecule has 0 aliphatic heterocycles. The predicted octanol–water partition coefficient (Wildman–Crippen LogP) is 13.1. The van der Waals surface area contributed by atoms with Crippen molar-refractivity contribution in [1.29, 1.82) is 0 Å². The first-order valence-electron chi connectivity index (χ1n) is 19.6. The fourth-order valence-corrected chi connectivity index (χ4v) is 9.56. The summed E-state index contributed by atoms with van der Waals surface area (Å²) in [6.45, 7) is 9.40. The fourth-order valence-electron chi connectivity index (χ4n) is 9.56. The summed E-state index contributed by atoms with van der Waals surface area (Å²) in [6, 6.07) is 10.1. The average molecular weight is 597 g/mol. The van der Waals surface area contributed by atoms with Crippen molar-refractivity contribution in [3.05, 3.63) is 68.8 Å². The van der Waals surface area contributed by atoms with Crippen LogP contribution in [0.15, 0.2) is 24.3 Å². The molecule has 2 aromatic rings. The van der Waals surface area contributed by atoms with Crippen LogP contribution in [0.1, 0.15) is 173 Å². The normalized spacial score (nSPS) is 21.2. The van der Waals surface area contributed by atoms with Crippen LogP contribution >= 0.6 is 0 Å². The van der Waals surface area contributed by atoms with Crippen molar-refractivity contribution in [1.82, 2.24) is 0 Å². The van der Waals surface area contributed by atoms with Crippen LogP contribution in [0.4, 0.5) is 0 Å². The summed E-state index contributed by atoms with van der Waals surface area (Å²) in [7, 11) is 0. The number of hydrogen-bond acceptors (Lipinski definition) is 0. The van der Waals surface area contributed by atoms with E-state index >= 15 is 0 Å². The molecular weight excluding hydrogens is 528 g/mol. The molecule has 0 radical (unpaired) electrons. The summed E-state index contributed by atoms with van der Waals surface area (Å²) in [4.78, 5) is 0. The maximum absolute atomic E-state index is 2.53. The lowest BCUT2D eigenvalue weighted by molar-refractivity contribution is 0.354. The molecule has 0 atom stereocenters. The van der Waals surface area contributed by atoms with Crippen LogP contribution in [-0.4, -0.2) is 0 Å². The van der Waals surface area contributed by atoms with E-state index in [0.717, 1.165) is 23.7 Å². The molecule has 0 unspecified atom stereocenters. The zero-order chi connectivity index (χ0) is 30.7. The third-order valence-corrected chi connectivity index (χ3v) is 12.5. The van der Waals surface area contributed by atoms with Crippen molar-refractivity contribution in [3.63, 3.8) is 0 Å². The summed E-state index contributed by atoms with van der Waals surface area (Å²) in [6.07, 6.45) is 34.6. The second-order valence-corrected chi connectivity index (χ2v) is 16.2. The minimum Gasteiger partial charge on any atom is -0.0556 e. The fraction of sp³-hybridized carbons (Fsp3) is 0.727. The van der Waals surface area contributed by atoms with Gasteiger partial charge in [-0.05, 0) is 122 Å². The molecule has 0 aromatic heterocycles. The smallest absolute Gasteiger partial charge is 0.0248 e. The summed E-state index contributed by atoms with van der Waals surface area (Å²) in [5.74, 6) is 3.82. The monoisotopic (exact) mass is 597 g/mol. The van der Waals surface area contributed by atoms with Crippen molar-refractivity contribution in [2.24, 2.45) is 23.7 Å². The van der Waals surface area contributed by atoms with Gasteiger partial charge in [0.1, 0.15) is 0 Å². The molecule has 4 fully saturated rings. The van der Waals surface area contributed by atoms with E-state index in [-0.39, 0.29) is 0 Å². The van der Waals surface area contributed by atoms with Crippen LogP contribution in [0.3, 0.4) is 0 Å². The molecular formula is C44H68. The first-order valence-corrected chi connectivity index (χ1v) is 19.6. The molecule has 244 valence electrons. The van der Waals surface area contributed by atoms with Crippen LogP contribution in [0, 0.1) is 51.4 Å². The summed E-state index contributed by atoms with van der Waals surface area (Å²) < 4.78 is 0. The lowest BCUT2D eigenvalue weighted by Gasteiger charge is -2.25. The van der Waals surface area contributed by atoms with E-state index in [0.29, 0.717) is 0 Å². The van der Waals surface area contributed by atoms with Crippen LogP contribution in [0.2, 0.25) is 0 Å². The Kier molecular flexibility index (Phi) is 13.4. The Morgan fingerprint density at radius 1 is 0.318 bits per heavy atom. The summed E-state index contributed by atoms with van der Waals surface area (Å²) in [5, 5.41) is 0. The Labute approximate surface area is 273 Å². The van der Waals surface area contributed by atoms with Gasteiger partial charge in [-0.2, -0.15) is 0 Å². The zero-order valence-corrected chi connectivity index (χ0v) is 29.6. The first-order chi connectivity index (χ1) is 21.4. The third kappa shape index (κ3) is 10.2. The molecule has 0 heteroatoms. The van der Waals surface area contributed by atoms with Gasteiger partial charge in [-0.15, -0.1) is 0 Å². The molecule has 6 rings (SSSR count). The van der Waals surface area contributed by atoms with Crippen molar-refractivity contribution in [2.45, 2.75) is 182 Å². The predicted molar refractivity (Wildman–Crippen MR) is 193 cm³/mol. The lowest BCUT2D eigenvalue weighted by atomic mass is 9.81. The number of aryl methyl sites for hydroxylation is 4. The molecule has 0 nitrogen and oxygen atoms in total. The largest absolute Gasteiger partial charge is 0.0556 e.